The molecule has 0 fully saturated rings. The Morgan fingerprint density at radius 1 is 1.24 bits per heavy atom. The van der Waals surface area contributed by atoms with E-state index in [1.807, 2.05) is 11.9 Å². The van der Waals surface area contributed by atoms with Crippen LogP contribution in [-0.2, 0) is 14.8 Å². The molecule has 0 saturated carbocycles. The molecular formula is C17H29N3O4S. The van der Waals surface area contributed by atoms with Crippen LogP contribution in [0.5, 0.6) is 5.75 Å². The molecule has 1 rings (SSSR count). The molecule has 142 valence electrons. The van der Waals surface area contributed by atoms with E-state index in [1.165, 1.54) is 20.0 Å². The smallest absolute Gasteiger partial charge is 0.238 e. The maximum Gasteiger partial charge on any atom is 0.238 e. The summed E-state index contributed by atoms with van der Waals surface area (Å²) in [6, 6.07) is 4.73. The number of sulfonamides is 1. The number of benzene rings is 1. The van der Waals surface area contributed by atoms with E-state index in [0.717, 1.165) is 25.6 Å². The summed E-state index contributed by atoms with van der Waals surface area (Å²) in [5, 5.41) is 2.78. The highest BCUT2D eigenvalue weighted by atomic mass is 32.2. The molecule has 1 aromatic carbocycles. The Hall–Kier alpha value is -1.80. The van der Waals surface area contributed by atoms with Crippen LogP contribution in [0.15, 0.2) is 18.2 Å². The number of likely N-dealkylation sites (N-methyl/N-ethyl adjacent to an activating group) is 1. The first-order chi connectivity index (χ1) is 11.7. The lowest BCUT2D eigenvalue weighted by atomic mass is 10.2. The first kappa shape index (κ1) is 21.2. The number of hydrogen-bond acceptors (Lipinski definition) is 5. The number of unbranched alkanes of at least 4 members (excludes halogenated alkanes) is 3. The fourth-order valence-corrected chi connectivity index (χ4v) is 2.96. The normalized spacial score (nSPS) is 11.4. The number of carbonyl (C=O) groups excluding carboxylic acids is 1. The van der Waals surface area contributed by atoms with E-state index in [9.17, 15) is 13.2 Å². The van der Waals surface area contributed by atoms with Gasteiger partial charge >= 0.3 is 0 Å². The van der Waals surface area contributed by atoms with E-state index in [1.54, 1.807) is 18.2 Å². The number of ether oxygens (including phenoxy) is 1. The fraction of sp³-hybridized carbons (Fsp3) is 0.588. The van der Waals surface area contributed by atoms with Gasteiger partial charge in [0, 0.05) is 0 Å². The summed E-state index contributed by atoms with van der Waals surface area (Å²) in [5.41, 5.74) is 0.798. The van der Waals surface area contributed by atoms with Gasteiger partial charge in [-0.1, -0.05) is 26.2 Å². The van der Waals surface area contributed by atoms with E-state index in [0.29, 0.717) is 17.1 Å². The SMILES string of the molecule is CCCCCCN(C)CC(=O)Nc1cc(NS(C)(=O)=O)ccc1OC. The topological polar surface area (TPSA) is 87.7 Å². The van der Waals surface area contributed by atoms with Crippen LogP contribution in [0.25, 0.3) is 0 Å². The zero-order chi connectivity index (χ0) is 18.9. The lowest BCUT2D eigenvalue weighted by Gasteiger charge is -2.17. The van der Waals surface area contributed by atoms with Gasteiger partial charge < -0.3 is 10.1 Å². The van der Waals surface area contributed by atoms with Gasteiger partial charge in [-0.15, -0.1) is 0 Å². The van der Waals surface area contributed by atoms with Gasteiger partial charge in [0.25, 0.3) is 0 Å². The molecule has 25 heavy (non-hydrogen) atoms. The van der Waals surface area contributed by atoms with Gasteiger partial charge in [0.05, 0.1) is 31.3 Å². The summed E-state index contributed by atoms with van der Waals surface area (Å²) in [7, 11) is 0.0138. The first-order valence-corrected chi connectivity index (χ1v) is 10.3. The molecule has 2 N–H and O–H groups in total. The minimum Gasteiger partial charge on any atom is -0.495 e. The summed E-state index contributed by atoms with van der Waals surface area (Å²) < 4.78 is 30.3. The second-order valence-corrected chi connectivity index (χ2v) is 7.88. The van der Waals surface area contributed by atoms with Crippen LogP contribution < -0.4 is 14.8 Å². The summed E-state index contributed by atoms with van der Waals surface area (Å²) in [5.74, 6) is 0.297. The van der Waals surface area contributed by atoms with Crippen LogP contribution in [0.1, 0.15) is 32.6 Å². The molecular weight excluding hydrogens is 342 g/mol. The van der Waals surface area contributed by atoms with Crippen molar-refractivity contribution >= 4 is 27.3 Å². The van der Waals surface area contributed by atoms with Crippen LogP contribution in [-0.4, -0.2) is 52.7 Å². The van der Waals surface area contributed by atoms with Crippen molar-refractivity contribution in [2.75, 3.05) is 43.5 Å². The molecule has 8 heteroatoms. The van der Waals surface area contributed by atoms with Crippen LogP contribution in [0.4, 0.5) is 11.4 Å². The van der Waals surface area contributed by atoms with Gasteiger partial charge in [0.2, 0.25) is 15.9 Å². The third-order valence-electron chi connectivity index (χ3n) is 3.58. The predicted octanol–water partition coefficient (Wildman–Crippen LogP) is 2.52. The molecule has 0 aliphatic carbocycles. The fourth-order valence-electron chi connectivity index (χ4n) is 2.41. The number of rotatable bonds is 11. The summed E-state index contributed by atoms with van der Waals surface area (Å²) in [6.07, 6.45) is 5.69. The highest BCUT2D eigenvalue weighted by Gasteiger charge is 2.12. The maximum absolute atomic E-state index is 12.2. The van der Waals surface area contributed by atoms with Crippen molar-refractivity contribution < 1.29 is 17.9 Å². The molecule has 0 aromatic heterocycles. The molecule has 0 radical (unpaired) electrons. The minimum absolute atomic E-state index is 0.173. The zero-order valence-corrected chi connectivity index (χ0v) is 16.3. The third kappa shape index (κ3) is 8.74. The average molecular weight is 372 g/mol. The van der Waals surface area contributed by atoms with Crippen LogP contribution in [0, 0.1) is 0 Å². The Balaban J connectivity index is 2.66. The van der Waals surface area contributed by atoms with Gasteiger partial charge in [-0.25, -0.2) is 8.42 Å². The minimum atomic E-state index is -3.39. The van der Waals surface area contributed by atoms with Crippen molar-refractivity contribution in [2.45, 2.75) is 32.6 Å². The molecule has 0 heterocycles. The number of amides is 1. The predicted molar refractivity (Wildman–Crippen MR) is 102 cm³/mol. The van der Waals surface area contributed by atoms with Crippen molar-refractivity contribution in [1.82, 2.24) is 4.90 Å². The number of anilines is 2. The Morgan fingerprint density at radius 3 is 2.56 bits per heavy atom. The van der Waals surface area contributed by atoms with Crippen LogP contribution in [0.3, 0.4) is 0 Å². The zero-order valence-electron chi connectivity index (χ0n) is 15.5. The van der Waals surface area contributed by atoms with Crippen molar-refractivity contribution in [1.29, 1.82) is 0 Å². The number of carbonyl (C=O) groups is 1. The number of hydrogen-bond donors (Lipinski definition) is 2. The Bertz CT molecular complexity index is 662. The number of methoxy groups -OCH3 is 1. The molecule has 1 aromatic rings. The number of nitrogens with one attached hydrogen (secondary N) is 2. The highest BCUT2D eigenvalue weighted by Crippen LogP contribution is 2.28. The second kappa shape index (κ2) is 10.2. The Morgan fingerprint density at radius 2 is 1.96 bits per heavy atom. The molecule has 0 bridgehead atoms. The largest absolute Gasteiger partial charge is 0.495 e. The maximum atomic E-state index is 12.2. The molecule has 1 amide bonds. The van der Waals surface area contributed by atoms with Gasteiger partial charge in [-0.05, 0) is 38.2 Å². The van der Waals surface area contributed by atoms with Crippen LogP contribution >= 0.6 is 0 Å². The molecule has 0 saturated heterocycles. The first-order valence-electron chi connectivity index (χ1n) is 8.39. The molecule has 0 spiro atoms. The van der Waals surface area contributed by atoms with Crippen molar-refractivity contribution in [2.24, 2.45) is 0 Å². The van der Waals surface area contributed by atoms with E-state index in [2.05, 4.69) is 17.0 Å². The molecule has 0 unspecified atom stereocenters. The van der Waals surface area contributed by atoms with E-state index >= 15 is 0 Å². The van der Waals surface area contributed by atoms with Gasteiger partial charge in [-0.3, -0.25) is 14.4 Å². The van der Waals surface area contributed by atoms with Crippen LogP contribution in [0.2, 0.25) is 0 Å². The molecule has 0 aliphatic rings. The van der Waals surface area contributed by atoms with E-state index < -0.39 is 10.0 Å². The van der Waals surface area contributed by atoms with E-state index in [-0.39, 0.29) is 12.5 Å². The third-order valence-corrected chi connectivity index (χ3v) is 4.19. The quantitative estimate of drug-likeness (QED) is 0.584. The van der Waals surface area contributed by atoms with Gasteiger partial charge in [0.15, 0.2) is 0 Å². The monoisotopic (exact) mass is 371 g/mol. The molecule has 7 nitrogen and oxygen atoms in total. The van der Waals surface area contributed by atoms with Crippen molar-refractivity contribution in [3.8, 4) is 5.75 Å². The lowest BCUT2D eigenvalue weighted by Crippen LogP contribution is -2.31. The van der Waals surface area contributed by atoms with Crippen molar-refractivity contribution in [3.63, 3.8) is 0 Å². The Kier molecular flexibility index (Phi) is 8.71. The summed E-state index contributed by atoms with van der Waals surface area (Å²) >= 11 is 0. The second-order valence-electron chi connectivity index (χ2n) is 6.14. The van der Waals surface area contributed by atoms with Gasteiger partial charge in [0.1, 0.15) is 5.75 Å². The Labute approximate surface area is 150 Å². The summed E-state index contributed by atoms with van der Waals surface area (Å²) in [4.78, 5) is 14.2. The highest BCUT2D eigenvalue weighted by molar-refractivity contribution is 7.92. The molecule has 0 atom stereocenters. The number of nitrogens with zero attached hydrogens (tertiary/aromatic N) is 1. The average Bonchev–Trinajstić information content (AvgIpc) is 2.50. The van der Waals surface area contributed by atoms with Crippen molar-refractivity contribution in [3.05, 3.63) is 18.2 Å². The lowest BCUT2D eigenvalue weighted by molar-refractivity contribution is -0.117. The molecule has 0 aliphatic heterocycles. The van der Waals surface area contributed by atoms with E-state index in [4.69, 9.17) is 4.74 Å². The van der Waals surface area contributed by atoms with Gasteiger partial charge in [-0.2, -0.15) is 0 Å². The standard InChI is InChI=1S/C17H29N3O4S/c1-5-6-7-8-11-20(2)13-17(21)18-15-12-14(19-25(4,22)23)9-10-16(15)24-3/h9-10,12,19H,5-8,11,13H2,1-4H3,(H,18,21). The summed E-state index contributed by atoms with van der Waals surface area (Å²) in [6.45, 7) is 3.29.